The zero-order chi connectivity index (χ0) is 42.1. The molecule has 4 atom stereocenters. The van der Waals surface area contributed by atoms with Crippen molar-refractivity contribution in [2.45, 2.75) is 244 Å². The van der Waals surface area contributed by atoms with Gasteiger partial charge in [-0.25, -0.2) is 9.59 Å². The van der Waals surface area contributed by atoms with Gasteiger partial charge in [-0.15, -0.1) is 0 Å². The Kier molecular flexibility index (Phi) is 54.8. The molecule has 4 unspecified atom stereocenters. The molecule has 58 heavy (non-hydrogen) atoms. The molecule has 0 aromatic carbocycles. The molecule has 0 heterocycles. The van der Waals surface area contributed by atoms with Crippen LogP contribution < -0.4 is 69.3 Å². The Balaban J connectivity index is -0.000000486. The van der Waals surface area contributed by atoms with Crippen molar-refractivity contribution in [2.24, 2.45) is 0 Å². The van der Waals surface area contributed by atoms with Gasteiger partial charge in [-0.1, -0.05) is 206 Å². The number of hydrogen-bond donors (Lipinski definition) is 4. The molecular weight excluding hydrogens is 766 g/mol. The van der Waals surface area contributed by atoms with Crippen molar-refractivity contribution >= 4 is 23.9 Å². The molecular formula is C44H82Na2O12. The number of aliphatic hydroxyl groups is 4. The number of ether oxygens (including phenoxy) is 2. The van der Waals surface area contributed by atoms with Crippen LogP contribution in [0.2, 0.25) is 0 Å². The van der Waals surface area contributed by atoms with Crippen molar-refractivity contribution in [3.63, 3.8) is 0 Å². The van der Waals surface area contributed by atoms with Gasteiger partial charge in [-0.3, -0.25) is 0 Å². The molecule has 0 spiro atoms. The number of unbranched alkanes of at least 4 members (excludes halogenated alkanes) is 30. The summed E-state index contributed by atoms with van der Waals surface area (Å²) in [5.41, 5.74) is 0. The van der Waals surface area contributed by atoms with Crippen LogP contribution in [-0.4, -0.2) is 81.9 Å². The van der Waals surface area contributed by atoms with Crippen LogP contribution >= 0.6 is 0 Å². The fourth-order valence-corrected chi connectivity index (χ4v) is 6.33. The number of carbonyl (C=O) groups excluding carboxylic acids is 4. The van der Waals surface area contributed by atoms with E-state index in [4.69, 9.17) is 19.7 Å². The standard InChI is InChI=1S/2C22H42O6.2Na/c2*1-2-3-4-5-6-7-8-9-10-11-12-13-14-15-16-17-18-28-22(27)20(24)19(23)21(25)26;;/h2*19-20,23-24H,2-18H2,1H3,(H,25,26);;/q;;2*+1/p-2. The molecule has 0 rings (SSSR count). The maximum atomic E-state index is 11.3. The SMILES string of the molecule is CCCCCCCCCCCCCCCCCCOC(=O)C(O)C(O)C(=O)[O-].CCCCCCCCCCCCCCCCCCOC(=O)C(O)C(O)C(=O)[O-].[Na+].[Na+]. The fraction of sp³-hybridized carbons (Fsp3) is 0.909. The van der Waals surface area contributed by atoms with Crippen LogP contribution in [0.15, 0.2) is 0 Å². The summed E-state index contributed by atoms with van der Waals surface area (Å²) in [5.74, 6) is -6.05. The second-order valence-corrected chi connectivity index (χ2v) is 15.4. The van der Waals surface area contributed by atoms with Gasteiger partial charge in [0.1, 0.15) is 12.2 Å². The van der Waals surface area contributed by atoms with E-state index in [2.05, 4.69) is 13.8 Å². The smallest absolute Gasteiger partial charge is 0.547 e. The largest absolute Gasteiger partial charge is 1.00 e. The van der Waals surface area contributed by atoms with E-state index < -0.39 is 48.3 Å². The summed E-state index contributed by atoms with van der Waals surface area (Å²) in [6.45, 7) is 4.74. The molecule has 0 saturated heterocycles. The first-order chi connectivity index (χ1) is 27.0. The third-order valence-corrected chi connectivity index (χ3v) is 10.0. The zero-order valence-electron chi connectivity index (χ0n) is 37.4. The normalized spacial score (nSPS) is 12.8. The van der Waals surface area contributed by atoms with Crippen molar-refractivity contribution in [1.82, 2.24) is 0 Å². The molecule has 0 aromatic heterocycles. The number of rotatable bonds is 40. The molecule has 0 aliphatic carbocycles. The maximum Gasteiger partial charge on any atom is 1.00 e. The van der Waals surface area contributed by atoms with Gasteiger partial charge in [-0.05, 0) is 12.8 Å². The molecule has 4 N–H and O–H groups in total. The van der Waals surface area contributed by atoms with Gasteiger partial charge >= 0.3 is 71.1 Å². The predicted molar refractivity (Wildman–Crippen MR) is 215 cm³/mol. The minimum atomic E-state index is -2.25. The molecule has 0 aromatic rings. The van der Waals surface area contributed by atoms with Gasteiger partial charge in [0.05, 0.1) is 25.2 Å². The van der Waals surface area contributed by atoms with Gasteiger partial charge in [0, 0.05) is 0 Å². The maximum absolute atomic E-state index is 11.3. The minimum Gasteiger partial charge on any atom is -0.547 e. The molecule has 0 fully saturated rings. The number of esters is 2. The van der Waals surface area contributed by atoms with E-state index in [0.717, 1.165) is 38.5 Å². The Morgan fingerprint density at radius 1 is 0.345 bits per heavy atom. The summed E-state index contributed by atoms with van der Waals surface area (Å²) in [6, 6.07) is 0. The second kappa shape index (κ2) is 49.4. The minimum absolute atomic E-state index is 0. The first-order valence-corrected chi connectivity index (χ1v) is 22.5. The Bertz CT molecular complexity index is 855. The van der Waals surface area contributed by atoms with Crippen LogP contribution in [0.25, 0.3) is 0 Å². The monoisotopic (exact) mass is 849 g/mol. The third-order valence-electron chi connectivity index (χ3n) is 10.0. The first kappa shape index (κ1) is 64.3. The number of hydrogen-bond acceptors (Lipinski definition) is 12. The predicted octanol–water partition coefficient (Wildman–Crippen LogP) is 0.534. The Morgan fingerprint density at radius 2 is 0.517 bits per heavy atom. The van der Waals surface area contributed by atoms with E-state index in [1.54, 1.807) is 0 Å². The number of carboxylic acids is 2. The molecule has 332 valence electrons. The van der Waals surface area contributed by atoms with Gasteiger partial charge in [0.2, 0.25) is 0 Å². The number of aliphatic hydroxyl groups excluding tert-OH is 4. The van der Waals surface area contributed by atoms with E-state index in [1.807, 2.05) is 0 Å². The molecule has 12 nitrogen and oxygen atoms in total. The average Bonchev–Trinajstić information content (AvgIpc) is 3.18. The summed E-state index contributed by atoms with van der Waals surface area (Å²) >= 11 is 0. The molecule has 0 radical (unpaired) electrons. The molecule has 0 aliphatic heterocycles. The van der Waals surface area contributed by atoms with Crippen molar-refractivity contribution in [1.29, 1.82) is 0 Å². The van der Waals surface area contributed by atoms with Gasteiger partial charge in [-0.2, -0.15) is 0 Å². The van der Waals surface area contributed by atoms with Crippen LogP contribution in [0.1, 0.15) is 219 Å². The number of carboxylic acid groups (broad SMARTS) is 2. The molecule has 0 amide bonds. The number of aliphatic carboxylic acids is 2. The van der Waals surface area contributed by atoms with Crippen molar-refractivity contribution < 1.29 is 118 Å². The Morgan fingerprint density at radius 3 is 0.690 bits per heavy atom. The summed E-state index contributed by atoms with van der Waals surface area (Å²) in [6.07, 6.45) is 31.3. The van der Waals surface area contributed by atoms with Gasteiger partial charge in [0.15, 0.2) is 12.2 Å². The van der Waals surface area contributed by atoms with E-state index in [-0.39, 0.29) is 72.3 Å². The van der Waals surface area contributed by atoms with Crippen LogP contribution in [-0.2, 0) is 28.7 Å². The molecule has 0 aliphatic rings. The summed E-state index contributed by atoms with van der Waals surface area (Å²) < 4.78 is 9.51. The van der Waals surface area contributed by atoms with Crippen molar-refractivity contribution in [3.05, 3.63) is 0 Å². The van der Waals surface area contributed by atoms with Crippen molar-refractivity contribution in [2.75, 3.05) is 13.2 Å². The van der Waals surface area contributed by atoms with Crippen LogP contribution in [0.3, 0.4) is 0 Å². The number of carbonyl (C=O) groups is 4. The van der Waals surface area contributed by atoms with E-state index in [9.17, 15) is 39.6 Å². The fourth-order valence-electron chi connectivity index (χ4n) is 6.33. The quantitative estimate of drug-likeness (QED) is 0.0378. The second-order valence-electron chi connectivity index (χ2n) is 15.4. The molecule has 0 bridgehead atoms. The summed E-state index contributed by atoms with van der Waals surface area (Å²) in [7, 11) is 0. The van der Waals surface area contributed by atoms with E-state index in [0.29, 0.717) is 12.8 Å². The molecule has 14 heteroatoms. The Hall–Kier alpha value is -0.280. The summed E-state index contributed by atoms with van der Waals surface area (Å²) in [4.78, 5) is 43.4. The Labute approximate surface area is 396 Å². The van der Waals surface area contributed by atoms with E-state index >= 15 is 0 Å². The van der Waals surface area contributed by atoms with E-state index in [1.165, 1.54) is 154 Å². The van der Waals surface area contributed by atoms with Gasteiger partial charge in [0.25, 0.3) is 0 Å². The first-order valence-electron chi connectivity index (χ1n) is 22.5. The summed E-state index contributed by atoms with van der Waals surface area (Å²) in [5, 5.41) is 57.2. The third kappa shape index (κ3) is 43.8. The van der Waals surface area contributed by atoms with Crippen LogP contribution in [0, 0.1) is 0 Å². The van der Waals surface area contributed by atoms with Crippen LogP contribution in [0.5, 0.6) is 0 Å². The van der Waals surface area contributed by atoms with Crippen molar-refractivity contribution in [3.8, 4) is 0 Å². The zero-order valence-corrected chi connectivity index (χ0v) is 41.4. The van der Waals surface area contributed by atoms with Gasteiger partial charge < -0.3 is 49.7 Å². The topological polar surface area (TPSA) is 214 Å². The average molecular weight is 849 g/mol. The van der Waals surface area contributed by atoms with Crippen LogP contribution in [0.4, 0.5) is 0 Å². The molecule has 0 saturated carbocycles.